The van der Waals surface area contributed by atoms with Crippen molar-refractivity contribution < 1.29 is 33.0 Å². The average molecular weight is 541 g/mol. The number of likely N-dealkylation sites (N-methyl/N-ethyl adjacent to an activating group) is 1. The number of nitrogens with zero attached hydrogens (tertiary/aromatic N) is 3. The fraction of sp³-hybridized carbons (Fsp3) is 0.393. The number of urea groups is 1. The van der Waals surface area contributed by atoms with Gasteiger partial charge in [-0.25, -0.2) is 14.0 Å². The normalized spacial score (nSPS) is 18.1. The molecule has 2 aromatic rings. The van der Waals surface area contributed by atoms with Gasteiger partial charge in [0.25, 0.3) is 5.91 Å². The molecule has 0 radical (unpaired) electrons. The first-order chi connectivity index (χ1) is 18.8. The van der Waals surface area contributed by atoms with E-state index in [0.717, 1.165) is 0 Å². The van der Waals surface area contributed by atoms with E-state index in [4.69, 9.17) is 14.2 Å². The van der Waals surface area contributed by atoms with Crippen LogP contribution < -0.4 is 14.8 Å². The monoisotopic (exact) mass is 540 g/mol. The Bertz CT molecular complexity index is 1270. The van der Waals surface area contributed by atoms with Crippen molar-refractivity contribution in [3.05, 3.63) is 70.7 Å². The molecule has 1 atom stereocenters. The van der Waals surface area contributed by atoms with Crippen LogP contribution in [0.4, 0.5) is 9.18 Å². The zero-order valence-electron chi connectivity index (χ0n) is 22.5. The predicted molar refractivity (Wildman–Crippen MR) is 141 cm³/mol. The number of ether oxygens (including phenoxy) is 3. The molecule has 1 saturated heterocycles. The van der Waals surface area contributed by atoms with Crippen LogP contribution in [0, 0.1) is 5.82 Å². The summed E-state index contributed by atoms with van der Waals surface area (Å²) in [7, 11) is 4.61. The predicted octanol–water partition coefficient (Wildman–Crippen LogP) is 2.81. The number of piperazine rings is 1. The van der Waals surface area contributed by atoms with Crippen molar-refractivity contribution >= 4 is 17.9 Å². The van der Waals surface area contributed by atoms with Crippen molar-refractivity contribution in [2.75, 3.05) is 60.6 Å². The summed E-state index contributed by atoms with van der Waals surface area (Å²) < 4.78 is 30.6. The first-order valence-electron chi connectivity index (χ1n) is 12.7. The van der Waals surface area contributed by atoms with E-state index < -0.39 is 17.8 Å². The number of methoxy groups -OCH3 is 2. The third kappa shape index (κ3) is 5.68. The van der Waals surface area contributed by atoms with Gasteiger partial charge in [0.2, 0.25) is 0 Å². The van der Waals surface area contributed by atoms with Crippen LogP contribution in [0.5, 0.6) is 11.5 Å². The number of rotatable bonds is 8. The molecule has 1 fully saturated rings. The Hall–Kier alpha value is -4.12. The summed E-state index contributed by atoms with van der Waals surface area (Å²) >= 11 is 0. The lowest BCUT2D eigenvalue weighted by Gasteiger charge is -2.39. The maximum Gasteiger partial charge on any atom is 0.338 e. The minimum atomic E-state index is -0.836. The van der Waals surface area contributed by atoms with Gasteiger partial charge < -0.3 is 24.4 Å². The van der Waals surface area contributed by atoms with Gasteiger partial charge in [0, 0.05) is 51.0 Å². The Balaban J connectivity index is 1.63. The highest BCUT2D eigenvalue weighted by molar-refractivity contribution is 5.96. The molecule has 0 bridgehead atoms. The van der Waals surface area contributed by atoms with E-state index >= 15 is 0 Å². The molecule has 1 unspecified atom stereocenters. The maximum atomic E-state index is 14.2. The average Bonchev–Trinajstić information content (AvgIpc) is 2.95. The number of halogens is 1. The van der Waals surface area contributed by atoms with Crippen molar-refractivity contribution in [3.63, 3.8) is 0 Å². The van der Waals surface area contributed by atoms with E-state index in [9.17, 15) is 18.8 Å². The van der Waals surface area contributed by atoms with Crippen LogP contribution in [0.25, 0.3) is 0 Å². The Morgan fingerprint density at radius 3 is 2.38 bits per heavy atom. The summed E-state index contributed by atoms with van der Waals surface area (Å²) in [4.78, 5) is 44.3. The van der Waals surface area contributed by atoms with E-state index in [1.54, 1.807) is 49.2 Å². The van der Waals surface area contributed by atoms with Gasteiger partial charge in [-0.2, -0.15) is 0 Å². The Kier molecular flexibility index (Phi) is 8.70. The molecule has 208 valence electrons. The first-order valence-corrected chi connectivity index (χ1v) is 12.7. The van der Waals surface area contributed by atoms with Gasteiger partial charge >= 0.3 is 12.0 Å². The third-order valence-corrected chi connectivity index (χ3v) is 6.95. The van der Waals surface area contributed by atoms with Crippen LogP contribution in [0.3, 0.4) is 0 Å². The largest absolute Gasteiger partial charge is 0.493 e. The Morgan fingerprint density at radius 2 is 1.74 bits per heavy atom. The molecule has 39 heavy (non-hydrogen) atoms. The number of carbonyl (C=O) groups excluding carboxylic acids is 3. The van der Waals surface area contributed by atoms with Crippen LogP contribution in [-0.2, 0) is 9.53 Å². The van der Waals surface area contributed by atoms with Crippen LogP contribution >= 0.6 is 0 Å². The van der Waals surface area contributed by atoms with Gasteiger partial charge in [-0.15, -0.1) is 0 Å². The van der Waals surface area contributed by atoms with Gasteiger partial charge in [0.15, 0.2) is 11.5 Å². The lowest BCUT2D eigenvalue weighted by atomic mass is 9.93. The second-order valence-electron chi connectivity index (χ2n) is 9.15. The lowest BCUT2D eigenvalue weighted by molar-refractivity contribution is -0.139. The van der Waals surface area contributed by atoms with Gasteiger partial charge in [-0.1, -0.05) is 24.3 Å². The molecule has 11 heteroatoms. The fourth-order valence-electron chi connectivity index (χ4n) is 4.90. The molecule has 2 aromatic carbocycles. The summed E-state index contributed by atoms with van der Waals surface area (Å²) in [6, 6.07) is 9.95. The standard InChI is InChI=1S/C28H33FN4O6/c1-5-39-27(35)23-21(17-32-13-15-33(16-14-32)26(34)18-9-6-7-11-20(18)29)31(2)28(36)30-24(23)19-10-8-12-22(37-3)25(19)38-4/h6-12,24H,5,13-17H2,1-4H3,(H,30,36). The topological polar surface area (TPSA) is 101 Å². The van der Waals surface area contributed by atoms with E-state index in [-0.39, 0.29) is 36.2 Å². The minimum Gasteiger partial charge on any atom is -0.493 e. The highest BCUT2D eigenvalue weighted by Gasteiger charge is 2.39. The van der Waals surface area contributed by atoms with Crippen LogP contribution in [0.1, 0.15) is 28.9 Å². The smallest absolute Gasteiger partial charge is 0.338 e. The molecule has 0 spiro atoms. The number of hydrogen-bond donors (Lipinski definition) is 1. The molecule has 0 aromatic heterocycles. The third-order valence-electron chi connectivity index (χ3n) is 6.95. The second-order valence-corrected chi connectivity index (χ2v) is 9.15. The molecule has 1 N–H and O–H groups in total. The Labute approximate surface area is 226 Å². The molecule has 2 aliphatic heterocycles. The fourth-order valence-corrected chi connectivity index (χ4v) is 4.90. The molecular formula is C28H33FN4O6. The first kappa shape index (κ1) is 27.9. The van der Waals surface area contributed by atoms with Crippen molar-refractivity contribution in [1.82, 2.24) is 20.0 Å². The molecule has 0 saturated carbocycles. The Morgan fingerprint density at radius 1 is 1.03 bits per heavy atom. The van der Waals surface area contributed by atoms with Gasteiger partial charge in [-0.3, -0.25) is 14.6 Å². The van der Waals surface area contributed by atoms with E-state index in [1.807, 2.05) is 0 Å². The summed E-state index contributed by atoms with van der Waals surface area (Å²) in [5.74, 6) is -0.607. The summed E-state index contributed by atoms with van der Waals surface area (Å²) in [6.45, 7) is 3.84. The lowest BCUT2D eigenvalue weighted by Crippen LogP contribution is -2.53. The molecule has 3 amide bonds. The quantitative estimate of drug-likeness (QED) is 0.514. The van der Waals surface area contributed by atoms with Gasteiger partial charge in [0.05, 0.1) is 38.0 Å². The molecular weight excluding hydrogens is 507 g/mol. The summed E-state index contributed by atoms with van der Waals surface area (Å²) in [5.41, 5.74) is 1.37. The minimum absolute atomic E-state index is 0.0389. The molecule has 2 heterocycles. The molecule has 2 aliphatic rings. The number of esters is 1. The second kappa shape index (κ2) is 12.2. The molecule has 10 nitrogen and oxygen atoms in total. The van der Waals surface area contributed by atoms with Crippen molar-refractivity contribution in [2.45, 2.75) is 13.0 Å². The highest BCUT2D eigenvalue weighted by atomic mass is 19.1. The molecule has 0 aliphatic carbocycles. The highest BCUT2D eigenvalue weighted by Crippen LogP contribution is 2.40. The van der Waals surface area contributed by atoms with Crippen molar-refractivity contribution in [3.8, 4) is 11.5 Å². The number of nitrogens with one attached hydrogen (secondary N) is 1. The van der Waals surface area contributed by atoms with E-state index in [2.05, 4.69) is 10.2 Å². The molecule has 4 rings (SSSR count). The zero-order chi connectivity index (χ0) is 28.1. The number of benzene rings is 2. The maximum absolute atomic E-state index is 14.2. The number of amides is 3. The SMILES string of the molecule is CCOC(=O)C1=C(CN2CCN(C(=O)c3ccccc3F)CC2)N(C)C(=O)NC1c1cccc(OC)c1OC. The van der Waals surface area contributed by atoms with E-state index in [1.165, 1.54) is 31.3 Å². The number of carbonyl (C=O) groups is 3. The number of hydrogen-bond acceptors (Lipinski definition) is 7. The van der Waals surface area contributed by atoms with E-state index in [0.29, 0.717) is 48.9 Å². The van der Waals surface area contributed by atoms with Crippen molar-refractivity contribution in [2.24, 2.45) is 0 Å². The summed E-state index contributed by atoms with van der Waals surface area (Å²) in [6.07, 6.45) is 0. The van der Waals surface area contributed by atoms with Crippen LogP contribution in [0.15, 0.2) is 53.7 Å². The van der Waals surface area contributed by atoms with Gasteiger partial charge in [-0.05, 0) is 25.1 Å². The number of para-hydroxylation sites is 1. The summed E-state index contributed by atoms with van der Waals surface area (Å²) in [5, 5.41) is 2.90. The van der Waals surface area contributed by atoms with Crippen molar-refractivity contribution in [1.29, 1.82) is 0 Å². The van der Waals surface area contributed by atoms with Gasteiger partial charge in [0.1, 0.15) is 5.82 Å². The zero-order valence-corrected chi connectivity index (χ0v) is 22.5. The van der Waals surface area contributed by atoms with Crippen LogP contribution in [-0.4, -0.2) is 93.2 Å². The van der Waals surface area contributed by atoms with Crippen LogP contribution in [0.2, 0.25) is 0 Å².